The summed E-state index contributed by atoms with van der Waals surface area (Å²) in [5.74, 6) is 1.01. The van der Waals surface area contributed by atoms with E-state index in [0.717, 1.165) is 12.2 Å². The van der Waals surface area contributed by atoms with Gasteiger partial charge in [-0.15, -0.1) is 0 Å². The molecule has 0 atom stereocenters. The number of hydrogen-bond donors (Lipinski definition) is 0. The van der Waals surface area contributed by atoms with E-state index in [1.165, 1.54) is 29.7 Å². The van der Waals surface area contributed by atoms with Crippen LogP contribution in [0.2, 0.25) is 0 Å². The van der Waals surface area contributed by atoms with Gasteiger partial charge in [0, 0.05) is 18.0 Å². The van der Waals surface area contributed by atoms with Gasteiger partial charge in [-0.3, -0.25) is 10.1 Å². The summed E-state index contributed by atoms with van der Waals surface area (Å²) in [6.45, 7) is 2.15. The van der Waals surface area contributed by atoms with Crippen molar-refractivity contribution >= 4 is 27.3 Å². The summed E-state index contributed by atoms with van der Waals surface area (Å²) in [6.07, 6.45) is 5.13. The van der Waals surface area contributed by atoms with E-state index in [-0.39, 0.29) is 10.6 Å². The maximum atomic E-state index is 10.7. The zero-order valence-electron chi connectivity index (χ0n) is 9.09. The molecule has 16 heavy (non-hydrogen) atoms. The molecule has 0 radical (unpaired) electrons. The van der Waals surface area contributed by atoms with E-state index in [1.54, 1.807) is 23.1 Å². The summed E-state index contributed by atoms with van der Waals surface area (Å²) in [5.41, 5.74) is 0.0930. The normalized spacial score (nSPS) is 10.3. The standard InChI is InChI=1S/C10H14N2O2S2/c1-2-3-4-8-15-16-10-9(12(13)14)6-5-7-11-10/h5-7H,2-4,8H2,1H3. The van der Waals surface area contributed by atoms with Crippen molar-refractivity contribution in [1.82, 2.24) is 4.98 Å². The van der Waals surface area contributed by atoms with E-state index >= 15 is 0 Å². The van der Waals surface area contributed by atoms with Gasteiger partial charge in [0.2, 0.25) is 0 Å². The highest BCUT2D eigenvalue weighted by molar-refractivity contribution is 8.76. The second-order valence-electron chi connectivity index (χ2n) is 3.20. The van der Waals surface area contributed by atoms with Crippen LogP contribution in [0.25, 0.3) is 0 Å². The van der Waals surface area contributed by atoms with Gasteiger partial charge in [0.1, 0.15) is 0 Å². The Bertz CT molecular complexity index is 347. The Balaban J connectivity index is 2.44. The van der Waals surface area contributed by atoms with Crippen molar-refractivity contribution in [3.05, 3.63) is 28.4 Å². The molecular formula is C10H14N2O2S2. The van der Waals surface area contributed by atoms with Gasteiger partial charge in [0.15, 0.2) is 5.03 Å². The summed E-state index contributed by atoms with van der Waals surface area (Å²) >= 11 is 0. The smallest absolute Gasteiger partial charge is 0.258 e. The van der Waals surface area contributed by atoms with Crippen LogP contribution >= 0.6 is 21.6 Å². The number of aromatic nitrogens is 1. The Morgan fingerprint density at radius 1 is 1.50 bits per heavy atom. The highest BCUT2D eigenvalue weighted by atomic mass is 33.1. The Morgan fingerprint density at radius 3 is 3.00 bits per heavy atom. The van der Waals surface area contributed by atoms with E-state index in [0.29, 0.717) is 5.03 Å². The minimum Gasteiger partial charge on any atom is -0.258 e. The van der Waals surface area contributed by atoms with Crippen LogP contribution in [0.5, 0.6) is 0 Å². The third-order valence-electron chi connectivity index (χ3n) is 1.92. The van der Waals surface area contributed by atoms with Gasteiger partial charge < -0.3 is 0 Å². The minimum absolute atomic E-state index is 0.0930. The largest absolute Gasteiger partial charge is 0.302 e. The molecule has 1 heterocycles. The van der Waals surface area contributed by atoms with Crippen LogP contribution in [0.1, 0.15) is 26.2 Å². The summed E-state index contributed by atoms with van der Waals surface area (Å²) in [5, 5.41) is 11.2. The predicted octanol–water partition coefficient (Wildman–Crippen LogP) is 3.92. The van der Waals surface area contributed by atoms with Gasteiger partial charge in [-0.2, -0.15) is 0 Å². The average Bonchev–Trinajstić information content (AvgIpc) is 2.29. The number of pyridine rings is 1. The summed E-state index contributed by atoms with van der Waals surface area (Å²) in [6, 6.07) is 3.08. The van der Waals surface area contributed by atoms with Gasteiger partial charge in [-0.25, -0.2) is 4.98 Å². The van der Waals surface area contributed by atoms with Crippen molar-refractivity contribution in [3.63, 3.8) is 0 Å². The van der Waals surface area contributed by atoms with Crippen molar-refractivity contribution in [3.8, 4) is 0 Å². The molecule has 0 amide bonds. The highest BCUT2D eigenvalue weighted by Crippen LogP contribution is 2.35. The van der Waals surface area contributed by atoms with Crippen LogP contribution in [-0.2, 0) is 0 Å². The summed E-state index contributed by atoms with van der Waals surface area (Å²) < 4.78 is 0. The molecule has 6 heteroatoms. The Morgan fingerprint density at radius 2 is 2.31 bits per heavy atom. The fraction of sp³-hybridized carbons (Fsp3) is 0.500. The molecule has 1 rings (SSSR count). The third kappa shape index (κ3) is 4.40. The number of rotatable bonds is 7. The quantitative estimate of drug-likeness (QED) is 0.321. The fourth-order valence-corrected chi connectivity index (χ4v) is 3.27. The molecule has 0 saturated heterocycles. The topological polar surface area (TPSA) is 56.0 Å². The lowest BCUT2D eigenvalue weighted by Gasteiger charge is -2.00. The first kappa shape index (κ1) is 13.3. The molecule has 1 aromatic heterocycles. The van der Waals surface area contributed by atoms with Crippen LogP contribution in [0.3, 0.4) is 0 Å². The Kier molecular flexibility index (Phi) is 6.25. The molecule has 0 saturated carbocycles. The van der Waals surface area contributed by atoms with Gasteiger partial charge in [-0.05, 0) is 23.3 Å². The first-order valence-corrected chi connectivity index (χ1v) is 7.46. The Hall–Kier alpha value is -0.750. The molecule has 0 aromatic carbocycles. The van der Waals surface area contributed by atoms with Crippen molar-refractivity contribution in [2.45, 2.75) is 31.2 Å². The molecule has 1 aromatic rings. The lowest BCUT2D eigenvalue weighted by Crippen LogP contribution is -1.91. The molecule has 0 N–H and O–H groups in total. The number of nitrogens with zero attached hydrogens (tertiary/aromatic N) is 2. The van der Waals surface area contributed by atoms with Crippen LogP contribution in [-0.4, -0.2) is 15.7 Å². The van der Waals surface area contributed by atoms with Gasteiger partial charge in [-0.1, -0.05) is 30.6 Å². The van der Waals surface area contributed by atoms with Crippen molar-refractivity contribution in [2.24, 2.45) is 0 Å². The zero-order valence-corrected chi connectivity index (χ0v) is 10.7. The van der Waals surface area contributed by atoms with Crippen molar-refractivity contribution < 1.29 is 4.92 Å². The molecule has 0 spiro atoms. The molecule has 0 fully saturated rings. The summed E-state index contributed by atoms with van der Waals surface area (Å²) in [7, 11) is 3.02. The maximum Gasteiger partial charge on any atom is 0.302 e. The molecule has 88 valence electrons. The highest BCUT2D eigenvalue weighted by Gasteiger charge is 2.14. The first-order chi connectivity index (χ1) is 7.75. The molecule has 0 aliphatic carbocycles. The molecule has 4 nitrogen and oxygen atoms in total. The van der Waals surface area contributed by atoms with Crippen molar-refractivity contribution in [2.75, 3.05) is 5.75 Å². The maximum absolute atomic E-state index is 10.7. The monoisotopic (exact) mass is 258 g/mol. The SMILES string of the molecule is CCCCCSSc1ncccc1[N+](=O)[O-]. The molecule has 0 aliphatic rings. The van der Waals surface area contributed by atoms with Crippen LogP contribution in [0.4, 0.5) is 5.69 Å². The van der Waals surface area contributed by atoms with E-state index in [2.05, 4.69) is 11.9 Å². The second-order valence-corrected chi connectivity index (χ2v) is 5.60. The van der Waals surface area contributed by atoms with Gasteiger partial charge in [0.05, 0.1) is 4.92 Å². The number of nitro groups is 1. The van der Waals surface area contributed by atoms with Crippen LogP contribution < -0.4 is 0 Å². The second kappa shape index (κ2) is 7.51. The molecule has 0 bridgehead atoms. The van der Waals surface area contributed by atoms with Crippen LogP contribution in [0.15, 0.2) is 23.4 Å². The lowest BCUT2D eigenvalue weighted by molar-refractivity contribution is -0.388. The Labute approximate surface area is 103 Å². The first-order valence-electron chi connectivity index (χ1n) is 5.14. The summed E-state index contributed by atoms with van der Waals surface area (Å²) in [4.78, 5) is 14.3. The molecular weight excluding hydrogens is 244 g/mol. The number of unbranched alkanes of at least 4 members (excludes halogenated alkanes) is 2. The predicted molar refractivity (Wildman–Crippen MR) is 68.7 cm³/mol. The van der Waals surface area contributed by atoms with Crippen LogP contribution in [0, 0.1) is 10.1 Å². The van der Waals surface area contributed by atoms with Crippen molar-refractivity contribution in [1.29, 1.82) is 0 Å². The average molecular weight is 258 g/mol. The third-order valence-corrected chi connectivity index (χ3v) is 4.29. The van der Waals surface area contributed by atoms with E-state index in [1.807, 2.05) is 0 Å². The van der Waals surface area contributed by atoms with Gasteiger partial charge in [0.25, 0.3) is 0 Å². The minimum atomic E-state index is -0.387. The van der Waals surface area contributed by atoms with E-state index in [9.17, 15) is 10.1 Å². The van der Waals surface area contributed by atoms with E-state index < -0.39 is 0 Å². The fourth-order valence-electron chi connectivity index (χ4n) is 1.09. The molecule has 0 aliphatic heterocycles. The van der Waals surface area contributed by atoms with E-state index in [4.69, 9.17) is 0 Å². The molecule has 0 unspecified atom stereocenters. The zero-order chi connectivity index (χ0) is 11.8. The lowest BCUT2D eigenvalue weighted by atomic mass is 10.3. The number of hydrogen-bond acceptors (Lipinski definition) is 5. The van der Waals surface area contributed by atoms with Gasteiger partial charge >= 0.3 is 5.69 Å².